The molecule has 0 amide bonds. The molecule has 5 nitrogen and oxygen atoms in total. The lowest BCUT2D eigenvalue weighted by Crippen LogP contribution is -2.17. The fourth-order valence-electron chi connectivity index (χ4n) is 2.19. The maximum Gasteiger partial charge on any atom is 0.232 e. The average Bonchev–Trinajstić information content (AvgIpc) is 2.66. The minimum absolute atomic E-state index is 0.0560. The van der Waals surface area contributed by atoms with Crippen molar-refractivity contribution in [1.29, 1.82) is 0 Å². The quantitative estimate of drug-likeness (QED) is 0.946. The van der Waals surface area contributed by atoms with E-state index in [9.17, 15) is 8.42 Å². The van der Waals surface area contributed by atoms with Crippen LogP contribution in [0.4, 0.5) is 5.69 Å². The van der Waals surface area contributed by atoms with Gasteiger partial charge in [-0.25, -0.2) is 13.4 Å². The summed E-state index contributed by atoms with van der Waals surface area (Å²) in [6, 6.07) is 5.44. The third-order valence-electron chi connectivity index (χ3n) is 3.21. The van der Waals surface area contributed by atoms with Gasteiger partial charge in [-0.15, -0.1) is 0 Å². The molecule has 0 spiro atoms. The summed E-state index contributed by atoms with van der Waals surface area (Å²) < 4.78 is 27.8. The van der Waals surface area contributed by atoms with Gasteiger partial charge >= 0.3 is 0 Å². The van der Waals surface area contributed by atoms with E-state index in [-0.39, 0.29) is 11.2 Å². The number of nitrogens with one attached hydrogen (secondary N) is 1. The van der Waals surface area contributed by atoms with Gasteiger partial charge in [-0.1, -0.05) is 20.8 Å². The summed E-state index contributed by atoms with van der Waals surface area (Å²) in [5.74, 6) is 1.03. The van der Waals surface area contributed by atoms with Gasteiger partial charge in [-0.05, 0) is 25.1 Å². The minimum Gasteiger partial charge on any atom is -0.331 e. The van der Waals surface area contributed by atoms with E-state index in [0.717, 1.165) is 16.9 Å². The number of rotatable bonds is 3. The van der Waals surface area contributed by atoms with Crippen molar-refractivity contribution in [3.05, 3.63) is 24.0 Å². The number of hydrogen-bond donors (Lipinski definition) is 1. The topological polar surface area (TPSA) is 64.0 Å². The first kappa shape index (κ1) is 14.8. The molecular weight excluding hydrogens is 274 g/mol. The van der Waals surface area contributed by atoms with E-state index in [4.69, 9.17) is 0 Å². The van der Waals surface area contributed by atoms with Gasteiger partial charge in [0.1, 0.15) is 5.82 Å². The second-order valence-corrected chi connectivity index (χ2v) is 7.96. The van der Waals surface area contributed by atoms with E-state index in [1.807, 2.05) is 17.7 Å². The van der Waals surface area contributed by atoms with E-state index in [1.54, 1.807) is 19.1 Å². The van der Waals surface area contributed by atoms with Crippen molar-refractivity contribution >= 4 is 26.7 Å². The smallest absolute Gasteiger partial charge is 0.232 e. The Kier molecular flexibility index (Phi) is 3.54. The van der Waals surface area contributed by atoms with Crippen molar-refractivity contribution in [3.8, 4) is 0 Å². The van der Waals surface area contributed by atoms with E-state index < -0.39 is 10.0 Å². The average molecular weight is 295 g/mol. The maximum absolute atomic E-state index is 11.6. The van der Waals surface area contributed by atoms with Crippen LogP contribution in [0.25, 0.3) is 11.0 Å². The predicted octanol–water partition coefficient (Wildman–Crippen LogP) is 2.63. The van der Waals surface area contributed by atoms with E-state index in [2.05, 4.69) is 30.5 Å². The molecule has 0 saturated heterocycles. The number of sulfonamides is 1. The first-order valence-electron chi connectivity index (χ1n) is 6.61. The van der Waals surface area contributed by atoms with Crippen LogP contribution < -0.4 is 4.72 Å². The molecular formula is C14H21N3O2S. The van der Waals surface area contributed by atoms with Gasteiger partial charge in [-0.2, -0.15) is 0 Å². The zero-order chi connectivity index (χ0) is 15.1. The Hall–Kier alpha value is -1.56. The number of imidazole rings is 1. The highest BCUT2D eigenvalue weighted by molar-refractivity contribution is 7.92. The number of aryl methyl sites for hydroxylation is 1. The van der Waals surface area contributed by atoms with Crippen molar-refractivity contribution in [2.75, 3.05) is 10.5 Å². The molecule has 0 radical (unpaired) electrons. The van der Waals surface area contributed by atoms with E-state index >= 15 is 0 Å². The molecule has 6 heteroatoms. The Morgan fingerprint density at radius 1 is 1.30 bits per heavy atom. The van der Waals surface area contributed by atoms with Crippen LogP contribution in [0.5, 0.6) is 0 Å². The summed E-state index contributed by atoms with van der Waals surface area (Å²) in [6.07, 6.45) is 0. The molecule has 2 rings (SSSR count). The van der Waals surface area contributed by atoms with Crippen molar-refractivity contribution in [2.24, 2.45) is 7.05 Å². The summed E-state index contributed by atoms with van der Waals surface area (Å²) in [5.41, 5.74) is 2.29. The summed E-state index contributed by atoms with van der Waals surface area (Å²) >= 11 is 0. The molecule has 0 bridgehead atoms. The molecule has 2 aromatic rings. The standard InChI is InChI=1S/C14H21N3O2S/c1-6-20(18,19)16-10-7-8-12-11(9-10)15-13(17(12)5)14(2,3)4/h7-9,16H,6H2,1-5H3. The van der Waals surface area contributed by atoms with Crippen molar-refractivity contribution in [3.63, 3.8) is 0 Å². The highest BCUT2D eigenvalue weighted by Crippen LogP contribution is 2.27. The molecule has 1 aromatic carbocycles. The van der Waals surface area contributed by atoms with Gasteiger partial charge in [-0.3, -0.25) is 4.72 Å². The third-order valence-corrected chi connectivity index (χ3v) is 4.51. The van der Waals surface area contributed by atoms with Gasteiger partial charge in [0.15, 0.2) is 0 Å². The molecule has 0 saturated carbocycles. The minimum atomic E-state index is -3.26. The molecule has 1 aromatic heterocycles. The summed E-state index contributed by atoms with van der Waals surface area (Å²) in [4.78, 5) is 4.63. The highest BCUT2D eigenvalue weighted by atomic mass is 32.2. The van der Waals surface area contributed by atoms with Crippen LogP contribution in [-0.4, -0.2) is 23.7 Å². The van der Waals surface area contributed by atoms with Crippen LogP contribution >= 0.6 is 0 Å². The first-order chi connectivity index (χ1) is 9.14. The van der Waals surface area contributed by atoms with Crippen LogP contribution in [0.2, 0.25) is 0 Å². The lowest BCUT2D eigenvalue weighted by molar-refractivity contribution is 0.526. The molecule has 1 N–H and O–H groups in total. The number of benzene rings is 1. The molecule has 20 heavy (non-hydrogen) atoms. The number of aromatic nitrogens is 2. The van der Waals surface area contributed by atoms with E-state index in [0.29, 0.717) is 5.69 Å². The normalized spacial score (nSPS) is 12.8. The maximum atomic E-state index is 11.6. The zero-order valence-electron chi connectivity index (χ0n) is 12.6. The lowest BCUT2D eigenvalue weighted by Gasteiger charge is -2.17. The van der Waals surface area contributed by atoms with E-state index in [1.165, 1.54) is 0 Å². The predicted molar refractivity (Wildman–Crippen MR) is 82.5 cm³/mol. The SMILES string of the molecule is CCS(=O)(=O)Nc1ccc2c(c1)nc(C(C)(C)C)n2C. The largest absolute Gasteiger partial charge is 0.331 e. The van der Waals surface area contributed by atoms with Crippen LogP contribution in [0.1, 0.15) is 33.5 Å². The van der Waals surface area contributed by atoms with Gasteiger partial charge < -0.3 is 4.57 Å². The number of anilines is 1. The molecule has 1 heterocycles. The molecule has 0 atom stereocenters. The van der Waals surface area contributed by atoms with Gasteiger partial charge in [0, 0.05) is 12.5 Å². The summed E-state index contributed by atoms with van der Waals surface area (Å²) in [5, 5.41) is 0. The molecule has 0 unspecified atom stereocenters. The summed E-state index contributed by atoms with van der Waals surface area (Å²) in [7, 11) is -1.28. The Balaban J connectivity index is 2.51. The molecule has 0 aliphatic rings. The molecule has 0 aliphatic carbocycles. The van der Waals surface area contributed by atoms with Crippen molar-refractivity contribution < 1.29 is 8.42 Å². The van der Waals surface area contributed by atoms with Gasteiger partial charge in [0.05, 0.1) is 22.5 Å². The monoisotopic (exact) mass is 295 g/mol. The Morgan fingerprint density at radius 2 is 1.95 bits per heavy atom. The van der Waals surface area contributed by atoms with Gasteiger partial charge in [0.25, 0.3) is 0 Å². The lowest BCUT2D eigenvalue weighted by atomic mass is 9.96. The van der Waals surface area contributed by atoms with Gasteiger partial charge in [0.2, 0.25) is 10.0 Å². The van der Waals surface area contributed by atoms with Crippen LogP contribution in [0, 0.1) is 0 Å². The molecule has 110 valence electrons. The summed E-state index contributed by atoms with van der Waals surface area (Å²) in [6.45, 7) is 7.93. The van der Waals surface area contributed by atoms with Crippen LogP contribution in [0.3, 0.4) is 0 Å². The fourth-order valence-corrected chi connectivity index (χ4v) is 2.82. The van der Waals surface area contributed by atoms with Crippen LogP contribution in [-0.2, 0) is 22.5 Å². The number of hydrogen-bond acceptors (Lipinski definition) is 3. The first-order valence-corrected chi connectivity index (χ1v) is 8.27. The molecule has 0 fully saturated rings. The van der Waals surface area contributed by atoms with Crippen molar-refractivity contribution in [1.82, 2.24) is 9.55 Å². The second kappa shape index (κ2) is 4.77. The van der Waals surface area contributed by atoms with Crippen molar-refractivity contribution in [2.45, 2.75) is 33.1 Å². The molecule has 0 aliphatic heterocycles. The second-order valence-electron chi connectivity index (χ2n) is 5.95. The number of fused-ring (bicyclic) bond motifs is 1. The third kappa shape index (κ3) is 2.80. The fraction of sp³-hybridized carbons (Fsp3) is 0.500. The Morgan fingerprint density at radius 3 is 2.50 bits per heavy atom. The zero-order valence-corrected chi connectivity index (χ0v) is 13.4. The Bertz CT molecular complexity index is 740. The number of nitrogens with zero attached hydrogens (tertiary/aromatic N) is 2. The van der Waals surface area contributed by atoms with Crippen LogP contribution in [0.15, 0.2) is 18.2 Å². The highest BCUT2D eigenvalue weighted by Gasteiger charge is 2.21. The Labute approximate surface area is 120 Å².